The molecule has 4 atom stereocenters. The molecule has 0 aliphatic rings. The fourth-order valence-corrected chi connectivity index (χ4v) is 3.94. The molecule has 37 heavy (non-hydrogen) atoms. The van der Waals surface area contributed by atoms with Gasteiger partial charge < -0.3 is 31.9 Å². The van der Waals surface area contributed by atoms with Crippen LogP contribution in [0.5, 0.6) is 5.75 Å². The van der Waals surface area contributed by atoms with Crippen molar-refractivity contribution in [3.63, 3.8) is 0 Å². The maximum absolute atomic E-state index is 13.3. The molecule has 0 aliphatic carbocycles. The molecule has 4 unspecified atom stereocenters. The Kier molecular flexibility index (Phi) is 11.9. The molecule has 10 nitrogen and oxygen atoms in total. The summed E-state index contributed by atoms with van der Waals surface area (Å²) in [5.74, 6) is -2.30. The van der Waals surface area contributed by atoms with E-state index in [0.29, 0.717) is 5.75 Å². The zero-order valence-corrected chi connectivity index (χ0v) is 21.7. The van der Waals surface area contributed by atoms with Crippen molar-refractivity contribution in [3.05, 3.63) is 65.7 Å². The first kappa shape index (κ1) is 29.7. The molecule has 0 heterocycles. The van der Waals surface area contributed by atoms with E-state index in [9.17, 15) is 24.3 Å². The standard InChI is InChI=1S/C26H34N4O6S/c1-16(26(35)36)28-24(33)21(12-13-37-2)29-25(34)22(15-17-6-4-3-5-7-17)30-23(32)20(27)14-18-8-10-19(31)11-9-18/h3-11,16,20-22,31H,12-15,27H2,1-2H3,(H,28,33)(H,29,34)(H,30,32)(H,35,36). The number of carboxylic acid groups (broad SMARTS) is 1. The average molecular weight is 531 g/mol. The number of aliphatic carboxylic acids is 1. The van der Waals surface area contributed by atoms with Gasteiger partial charge in [-0.3, -0.25) is 19.2 Å². The Bertz CT molecular complexity index is 1050. The monoisotopic (exact) mass is 530 g/mol. The summed E-state index contributed by atoms with van der Waals surface area (Å²) in [7, 11) is 0. The van der Waals surface area contributed by atoms with E-state index >= 15 is 0 Å². The number of thioether (sulfide) groups is 1. The third-order valence-electron chi connectivity index (χ3n) is 5.62. The van der Waals surface area contributed by atoms with Gasteiger partial charge in [0, 0.05) is 6.42 Å². The van der Waals surface area contributed by atoms with Gasteiger partial charge in [0.15, 0.2) is 0 Å². The molecular formula is C26H34N4O6S. The summed E-state index contributed by atoms with van der Waals surface area (Å²) in [6.45, 7) is 1.33. The maximum atomic E-state index is 13.3. The van der Waals surface area contributed by atoms with Gasteiger partial charge in [-0.2, -0.15) is 11.8 Å². The summed E-state index contributed by atoms with van der Waals surface area (Å²) in [5, 5.41) is 26.3. The first-order valence-corrected chi connectivity index (χ1v) is 13.2. The van der Waals surface area contributed by atoms with Gasteiger partial charge in [0.1, 0.15) is 23.9 Å². The lowest BCUT2D eigenvalue weighted by Gasteiger charge is -2.25. The summed E-state index contributed by atoms with van der Waals surface area (Å²) in [6.07, 6.45) is 2.48. The Morgan fingerprint density at radius 3 is 2.00 bits per heavy atom. The fraction of sp³-hybridized carbons (Fsp3) is 0.385. The molecule has 3 amide bonds. The number of amides is 3. The number of aromatic hydroxyl groups is 1. The number of phenolic OH excluding ortho intramolecular Hbond substituents is 1. The van der Waals surface area contributed by atoms with Gasteiger partial charge >= 0.3 is 5.97 Å². The first-order chi connectivity index (χ1) is 17.6. The SMILES string of the molecule is CSCCC(NC(=O)C(Cc1ccccc1)NC(=O)C(N)Cc1ccc(O)cc1)C(=O)NC(C)C(=O)O. The van der Waals surface area contributed by atoms with Crippen LogP contribution in [0.3, 0.4) is 0 Å². The van der Waals surface area contributed by atoms with Gasteiger partial charge in [0.2, 0.25) is 17.7 Å². The van der Waals surface area contributed by atoms with E-state index in [4.69, 9.17) is 10.8 Å². The van der Waals surface area contributed by atoms with Crippen LogP contribution in [0.2, 0.25) is 0 Å². The first-order valence-electron chi connectivity index (χ1n) is 11.8. The molecule has 0 spiro atoms. The number of hydrogen-bond acceptors (Lipinski definition) is 7. The van der Waals surface area contributed by atoms with Crippen molar-refractivity contribution in [1.29, 1.82) is 0 Å². The largest absolute Gasteiger partial charge is 0.508 e. The van der Waals surface area contributed by atoms with Gasteiger partial charge in [-0.1, -0.05) is 42.5 Å². The molecule has 0 aliphatic heterocycles. The highest BCUT2D eigenvalue weighted by Gasteiger charge is 2.29. The van der Waals surface area contributed by atoms with Crippen molar-refractivity contribution in [2.75, 3.05) is 12.0 Å². The summed E-state index contributed by atoms with van der Waals surface area (Å²) in [6, 6.07) is 11.3. The Hall–Kier alpha value is -3.57. The van der Waals surface area contributed by atoms with Crippen molar-refractivity contribution < 1.29 is 29.4 Å². The van der Waals surface area contributed by atoms with Crippen molar-refractivity contribution in [2.45, 2.75) is 50.4 Å². The minimum absolute atomic E-state index is 0.0965. The van der Waals surface area contributed by atoms with Crippen LogP contribution in [0.4, 0.5) is 0 Å². The van der Waals surface area contributed by atoms with Crippen LogP contribution in [-0.4, -0.2) is 70.1 Å². The van der Waals surface area contributed by atoms with E-state index in [2.05, 4.69) is 16.0 Å². The molecule has 0 bridgehead atoms. The fourth-order valence-electron chi connectivity index (χ4n) is 3.47. The Labute approximate surface area is 220 Å². The number of hydrogen-bond donors (Lipinski definition) is 6. The number of nitrogens with one attached hydrogen (secondary N) is 3. The molecule has 0 saturated heterocycles. The molecule has 2 aromatic carbocycles. The smallest absolute Gasteiger partial charge is 0.325 e. The van der Waals surface area contributed by atoms with E-state index in [0.717, 1.165) is 11.1 Å². The van der Waals surface area contributed by atoms with Crippen LogP contribution in [0.15, 0.2) is 54.6 Å². The van der Waals surface area contributed by atoms with Crippen molar-refractivity contribution in [3.8, 4) is 5.75 Å². The predicted octanol–water partition coefficient (Wildman–Crippen LogP) is 0.817. The lowest BCUT2D eigenvalue weighted by atomic mass is 10.0. The molecule has 11 heteroatoms. The Balaban J connectivity index is 2.17. The Morgan fingerprint density at radius 1 is 0.838 bits per heavy atom. The highest BCUT2D eigenvalue weighted by atomic mass is 32.2. The van der Waals surface area contributed by atoms with Gasteiger partial charge in [0.25, 0.3) is 0 Å². The molecule has 0 radical (unpaired) electrons. The molecule has 2 rings (SSSR count). The number of carboxylic acids is 1. The second kappa shape index (κ2) is 14.9. The third-order valence-corrected chi connectivity index (χ3v) is 6.26. The molecule has 0 fully saturated rings. The van der Waals surface area contributed by atoms with Gasteiger partial charge in [-0.15, -0.1) is 0 Å². The maximum Gasteiger partial charge on any atom is 0.325 e. The number of rotatable bonds is 14. The van der Waals surface area contributed by atoms with Crippen LogP contribution in [-0.2, 0) is 32.0 Å². The van der Waals surface area contributed by atoms with Gasteiger partial charge in [-0.25, -0.2) is 0 Å². The second-order valence-electron chi connectivity index (χ2n) is 8.64. The highest BCUT2D eigenvalue weighted by molar-refractivity contribution is 7.98. The minimum Gasteiger partial charge on any atom is -0.508 e. The van der Waals surface area contributed by atoms with E-state index in [-0.39, 0.29) is 25.0 Å². The van der Waals surface area contributed by atoms with Crippen molar-refractivity contribution in [1.82, 2.24) is 16.0 Å². The summed E-state index contributed by atoms with van der Waals surface area (Å²) in [4.78, 5) is 50.1. The van der Waals surface area contributed by atoms with E-state index in [1.165, 1.54) is 30.8 Å². The average Bonchev–Trinajstić information content (AvgIpc) is 2.87. The van der Waals surface area contributed by atoms with Gasteiger partial charge in [-0.05, 0) is 55.0 Å². The quantitative estimate of drug-likeness (QED) is 0.208. The summed E-state index contributed by atoms with van der Waals surface area (Å²) < 4.78 is 0. The number of phenols is 1. The van der Waals surface area contributed by atoms with Crippen LogP contribution >= 0.6 is 11.8 Å². The number of benzene rings is 2. The molecular weight excluding hydrogens is 496 g/mol. The lowest BCUT2D eigenvalue weighted by Crippen LogP contribution is -2.57. The predicted molar refractivity (Wildman–Crippen MR) is 142 cm³/mol. The van der Waals surface area contributed by atoms with Gasteiger partial charge in [0.05, 0.1) is 6.04 Å². The minimum atomic E-state index is -1.19. The lowest BCUT2D eigenvalue weighted by molar-refractivity contribution is -0.141. The van der Waals surface area contributed by atoms with Crippen LogP contribution < -0.4 is 21.7 Å². The number of carbonyl (C=O) groups excluding carboxylic acids is 3. The number of carbonyl (C=O) groups is 4. The Morgan fingerprint density at radius 2 is 1.41 bits per heavy atom. The van der Waals surface area contributed by atoms with Crippen LogP contribution in [0, 0.1) is 0 Å². The second-order valence-corrected chi connectivity index (χ2v) is 9.62. The molecule has 200 valence electrons. The summed E-state index contributed by atoms with van der Waals surface area (Å²) >= 11 is 1.48. The molecule has 0 aromatic heterocycles. The zero-order valence-electron chi connectivity index (χ0n) is 20.8. The van der Waals surface area contributed by atoms with Crippen LogP contribution in [0.1, 0.15) is 24.5 Å². The van der Waals surface area contributed by atoms with E-state index in [1.807, 2.05) is 36.6 Å². The topological polar surface area (TPSA) is 171 Å². The van der Waals surface area contributed by atoms with E-state index < -0.39 is 47.9 Å². The normalized spacial score (nSPS) is 14.0. The van der Waals surface area contributed by atoms with E-state index in [1.54, 1.807) is 12.1 Å². The zero-order chi connectivity index (χ0) is 27.4. The number of nitrogens with two attached hydrogens (primary N) is 1. The van der Waals surface area contributed by atoms with Crippen LogP contribution in [0.25, 0.3) is 0 Å². The third kappa shape index (κ3) is 10.1. The van der Waals surface area contributed by atoms with Crippen molar-refractivity contribution >= 4 is 35.5 Å². The van der Waals surface area contributed by atoms with Crippen molar-refractivity contribution in [2.24, 2.45) is 5.73 Å². The molecule has 7 N–H and O–H groups in total. The summed E-state index contributed by atoms with van der Waals surface area (Å²) in [5.41, 5.74) is 7.63. The molecule has 0 saturated carbocycles. The molecule has 2 aromatic rings. The highest BCUT2D eigenvalue weighted by Crippen LogP contribution is 2.12.